The molecule has 2 N–H and O–H groups in total. The van der Waals surface area contributed by atoms with E-state index in [9.17, 15) is 17.6 Å². The molecule has 1 amide bonds. The van der Waals surface area contributed by atoms with E-state index < -0.39 is 10.2 Å². The summed E-state index contributed by atoms with van der Waals surface area (Å²) in [6.45, 7) is 0.306. The number of nitrogens with zero attached hydrogens (tertiary/aromatic N) is 1. The quantitative estimate of drug-likeness (QED) is 0.681. The van der Waals surface area contributed by atoms with Crippen LogP contribution in [-0.2, 0) is 21.4 Å². The first-order valence-corrected chi connectivity index (χ1v) is 10.1. The van der Waals surface area contributed by atoms with E-state index in [0.29, 0.717) is 5.56 Å². The molecule has 1 saturated carbocycles. The number of halogens is 1. The van der Waals surface area contributed by atoms with Crippen molar-refractivity contribution in [1.29, 1.82) is 0 Å². The average molecular weight is 371 g/mol. The van der Waals surface area contributed by atoms with Gasteiger partial charge in [0.2, 0.25) is 5.91 Å². The maximum absolute atomic E-state index is 13.1. The fourth-order valence-electron chi connectivity index (χ4n) is 3.02. The van der Waals surface area contributed by atoms with Gasteiger partial charge in [-0.05, 0) is 30.5 Å². The standard InChI is InChI=1S/C17H26FN3O3S/c1-21(16-8-3-2-4-9-16)25(23,24)20-11-10-19-17(22)13-14-6-5-7-15(18)12-14/h5-7,12,16,20H,2-4,8-11,13H2,1H3,(H,19,22). The topological polar surface area (TPSA) is 78.5 Å². The van der Waals surface area contributed by atoms with E-state index in [-0.39, 0.29) is 37.3 Å². The molecule has 0 aliphatic heterocycles. The molecule has 1 aliphatic carbocycles. The van der Waals surface area contributed by atoms with Gasteiger partial charge in [-0.1, -0.05) is 31.4 Å². The number of benzene rings is 1. The van der Waals surface area contributed by atoms with Gasteiger partial charge < -0.3 is 5.32 Å². The zero-order valence-electron chi connectivity index (χ0n) is 14.5. The minimum absolute atomic E-state index is 0.0498. The van der Waals surface area contributed by atoms with Crippen LogP contribution in [-0.4, -0.2) is 44.8 Å². The normalized spacial score (nSPS) is 16.1. The van der Waals surface area contributed by atoms with Crippen molar-refractivity contribution in [2.24, 2.45) is 0 Å². The third kappa shape index (κ3) is 6.37. The molecule has 0 bridgehead atoms. The predicted molar refractivity (Wildman–Crippen MR) is 94.7 cm³/mol. The van der Waals surface area contributed by atoms with Crippen molar-refractivity contribution < 1.29 is 17.6 Å². The zero-order valence-corrected chi connectivity index (χ0v) is 15.3. The maximum atomic E-state index is 13.1. The van der Waals surface area contributed by atoms with Crippen LogP contribution >= 0.6 is 0 Å². The van der Waals surface area contributed by atoms with Gasteiger partial charge in [0.05, 0.1) is 6.42 Å². The van der Waals surface area contributed by atoms with E-state index in [4.69, 9.17) is 0 Å². The Bertz CT molecular complexity index is 675. The fourth-order valence-corrected chi connectivity index (χ4v) is 4.19. The summed E-state index contributed by atoms with van der Waals surface area (Å²) < 4.78 is 41.5. The smallest absolute Gasteiger partial charge is 0.279 e. The van der Waals surface area contributed by atoms with Crippen LogP contribution in [0.4, 0.5) is 4.39 Å². The highest BCUT2D eigenvalue weighted by molar-refractivity contribution is 7.87. The Kier molecular flexibility index (Phi) is 7.34. The number of amides is 1. The maximum Gasteiger partial charge on any atom is 0.279 e. The highest BCUT2D eigenvalue weighted by Crippen LogP contribution is 2.22. The van der Waals surface area contributed by atoms with Crippen LogP contribution in [0.1, 0.15) is 37.7 Å². The molecule has 1 fully saturated rings. The monoisotopic (exact) mass is 371 g/mol. The molecular weight excluding hydrogens is 345 g/mol. The van der Waals surface area contributed by atoms with Gasteiger partial charge in [-0.2, -0.15) is 12.7 Å². The number of carbonyl (C=O) groups is 1. The third-order valence-corrected chi connectivity index (χ3v) is 6.08. The Morgan fingerprint density at radius 2 is 1.96 bits per heavy atom. The van der Waals surface area contributed by atoms with Crippen LogP contribution in [0.3, 0.4) is 0 Å². The molecule has 0 aromatic heterocycles. The van der Waals surface area contributed by atoms with E-state index in [1.54, 1.807) is 19.2 Å². The van der Waals surface area contributed by atoms with Gasteiger partial charge in [-0.3, -0.25) is 4.79 Å². The van der Waals surface area contributed by atoms with Crippen LogP contribution in [0.2, 0.25) is 0 Å². The Balaban J connectivity index is 1.71. The summed E-state index contributed by atoms with van der Waals surface area (Å²) in [4.78, 5) is 11.8. The molecule has 1 aromatic carbocycles. The largest absolute Gasteiger partial charge is 0.354 e. The van der Waals surface area contributed by atoms with Gasteiger partial charge in [0.15, 0.2) is 0 Å². The second-order valence-corrected chi connectivity index (χ2v) is 8.18. The Labute approximate surface area is 149 Å². The summed E-state index contributed by atoms with van der Waals surface area (Å²) in [7, 11) is -1.94. The van der Waals surface area contributed by atoms with E-state index in [0.717, 1.165) is 32.1 Å². The fraction of sp³-hybridized carbons (Fsp3) is 0.588. The summed E-state index contributed by atoms with van der Waals surface area (Å²) in [5, 5.41) is 2.63. The lowest BCUT2D eigenvalue weighted by Gasteiger charge is -2.30. The molecule has 1 aliphatic rings. The molecule has 140 valence electrons. The third-order valence-electron chi connectivity index (χ3n) is 4.45. The van der Waals surface area contributed by atoms with Crippen LogP contribution in [0.5, 0.6) is 0 Å². The molecule has 0 atom stereocenters. The van der Waals surface area contributed by atoms with E-state index in [1.165, 1.54) is 16.4 Å². The molecule has 0 saturated heterocycles. The predicted octanol–water partition coefficient (Wildman–Crippen LogP) is 1.58. The second-order valence-electron chi connectivity index (χ2n) is 6.36. The molecule has 25 heavy (non-hydrogen) atoms. The van der Waals surface area contributed by atoms with Crippen molar-refractivity contribution in [3.05, 3.63) is 35.6 Å². The summed E-state index contributed by atoms with van der Waals surface area (Å²) in [6, 6.07) is 5.90. The number of carbonyl (C=O) groups excluding carboxylic acids is 1. The van der Waals surface area contributed by atoms with Crippen molar-refractivity contribution >= 4 is 16.1 Å². The summed E-state index contributed by atoms with van der Waals surface area (Å²) >= 11 is 0. The molecular formula is C17H26FN3O3S. The molecule has 6 nitrogen and oxygen atoms in total. The van der Waals surface area contributed by atoms with Gasteiger partial charge >= 0.3 is 0 Å². The van der Waals surface area contributed by atoms with Gasteiger partial charge in [-0.25, -0.2) is 9.11 Å². The molecule has 0 radical (unpaired) electrons. The Morgan fingerprint density at radius 3 is 2.64 bits per heavy atom. The van der Waals surface area contributed by atoms with Gasteiger partial charge in [-0.15, -0.1) is 0 Å². The highest BCUT2D eigenvalue weighted by atomic mass is 32.2. The Morgan fingerprint density at radius 1 is 1.24 bits per heavy atom. The van der Waals surface area contributed by atoms with Crippen molar-refractivity contribution in [2.45, 2.75) is 44.6 Å². The summed E-state index contributed by atoms with van der Waals surface area (Å²) in [5.41, 5.74) is 0.579. The molecule has 0 spiro atoms. The van der Waals surface area contributed by atoms with Crippen LogP contribution < -0.4 is 10.0 Å². The van der Waals surface area contributed by atoms with Crippen molar-refractivity contribution in [1.82, 2.24) is 14.3 Å². The minimum Gasteiger partial charge on any atom is -0.354 e. The van der Waals surface area contributed by atoms with E-state index in [1.807, 2.05) is 0 Å². The lowest BCUT2D eigenvalue weighted by Crippen LogP contribution is -2.46. The van der Waals surface area contributed by atoms with Crippen LogP contribution in [0.25, 0.3) is 0 Å². The lowest BCUT2D eigenvalue weighted by molar-refractivity contribution is -0.120. The van der Waals surface area contributed by atoms with Crippen molar-refractivity contribution in [3.8, 4) is 0 Å². The first-order valence-electron chi connectivity index (χ1n) is 8.62. The SMILES string of the molecule is CN(C1CCCCC1)S(=O)(=O)NCCNC(=O)Cc1cccc(F)c1. The molecule has 0 unspecified atom stereocenters. The molecule has 0 heterocycles. The number of nitrogens with one attached hydrogen (secondary N) is 2. The number of rotatable bonds is 8. The van der Waals surface area contributed by atoms with E-state index in [2.05, 4.69) is 10.0 Å². The summed E-state index contributed by atoms with van der Waals surface area (Å²) in [6.07, 6.45) is 5.12. The number of hydrogen-bond acceptors (Lipinski definition) is 3. The molecule has 2 rings (SSSR count). The highest BCUT2D eigenvalue weighted by Gasteiger charge is 2.26. The summed E-state index contributed by atoms with van der Waals surface area (Å²) in [5.74, 6) is -0.658. The van der Waals surface area contributed by atoms with Crippen molar-refractivity contribution in [3.63, 3.8) is 0 Å². The second kappa shape index (κ2) is 9.26. The number of hydrogen-bond donors (Lipinski definition) is 2. The zero-order chi connectivity index (χ0) is 18.3. The minimum atomic E-state index is -3.54. The first kappa shape index (κ1) is 19.8. The Hall–Kier alpha value is -1.51. The van der Waals surface area contributed by atoms with Gasteiger partial charge in [0.1, 0.15) is 5.82 Å². The van der Waals surface area contributed by atoms with Gasteiger partial charge in [0.25, 0.3) is 10.2 Å². The van der Waals surface area contributed by atoms with Crippen LogP contribution in [0.15, 0.2) is 24.3 Å². The molecule has 8 heteroatoms. The van der Waals surface area contributed by atoms with E-state index >= 15 is 0 Å². The molecule has 1 aromatic rings. The average Bonchev–Trinajstić information content (AvgIpc) is 2.59. The van der Waals surface area contributed by atoms with Gasteiger partial charge in [0, 0.05) is 26.2 Å². The van der Waals surface area contributed by atoms with Crippen molar-refractivity contribution in [2.75, 3.05) is 20.1 Å². The lowest BCUT2D eigenvalue weighted by atomic mass is 9.96. The van der Waals surface area contributed by atoms with Crippen LogP contribution in [0, 0.1) is 5.82 Å². The first-order chi connectivity index (χ1) is 11.9.